The van der Waals surface area contributed by atoms with Crippen molar-refractivity contribution in [2.75, 3.05) is 13.2 Å². The second-order valence-electron chi connectivity index (χ2n) is 7.17. The Labute approximate surface area is 165 Å². The van der Waals surface area contributed by atoms with Gasteiger partial charge in [0, 0.05) is 0 Å². The number of carbonyl (C=O) groups excluding carboxylic acids is 3. The molecule has 0 N–H and O–H groups in total. The molecule has 0 aliphatic heterocycles. The topological polar surface area (TPSA) is 69.7 Å². The standard InChI is InChI=1S/C22H40O5/c1-5-8-9-10-11-12-13-14-15-16-17-19(21(24)26-6-2)20(18(4)23)22(25)27-7-3/h19-20H,5-17H2,1-4H3. The lowest BCUT2D eigenvalue weighted by Gasteiger charge is -2.22. The van der Waals surface area contributed by atoms with Gasteiger partial charge in [-0.25, -0.2) is 0 Å². The van der Waals surface area contributed by atoms with Gasteiger partial charge in [-0.15, -0.1) is 0 Å². The fraction of sp³-hybridized carbons (Fsp3) is 0.864. The van der Waals surface area contributed by atoms with Crippen molar-refractivity contribution in [3.63, 3.8) is 0 Å². The molecule has 2 atom stereocenters. The molecule has 0 bridgehead atoms. The van der Waals surface area contributed by atoms with Crippen LogP contribution >= 0.6 is 0 Å². The average molecular weight is 385 g/mol. The third-order valence-corrected chi connectivity index (χ3v) is 4.84. The van der Waals surface area contributed by atoms with Crippen LogP contribution in [0.4, 0.5) is 0 Å². The van der Waals surface area contributed by atoms with Crippen LogP contribution in [0.15, 0.2) is 0 Å². The SMILES string of the molecule is CCCCCCCCCCCCC(C(=O)OCC)C(C(C)=O)C(=O)OCC. The van der Waals surface area contributed by atoms with E-state index in [9.17, 15) is 14.4 Å². The summed E-state index contributed by atoms with van der Waals surface area (Å²) >= 11 is 0. The van der Waals surface area contributed by atoms with Crippen LogP contribution in [0.5, 0.6) is 0 Å². The van der Waals surface area contributed by atoms with Gasteiger partial charge >= 0.3 is 11.9 Å². The summed E-state index contributed by atoms with van der Waals surface area (Å²) in [5, 5.41) is 0. The smallest absolute Gasteiger partial charge is 0.317 e. The van der Waals surface area contributed by atoms with Crippen molar-refractivity contribution in [1.82, 2.24) is 0 Å². The molecular weight excluding hydrogens is 344 g/mol. The summed E-state index contributed by atoms with van der Waals surface area (Å²) < 4.78 is 10.1. The number of hydrogen-bond donors (Lipinski definition) is 0. The fourth-order valence-electron chi connectivity index (χ4n) is 3.37. The van der Waals surface area contributed by atoms with E-state index in [0.717, 1.165) is 19.3 Å². The predicted molar refractivity (Wildman–Crippen MR) is 107 cm³/mol. The Kier molecular flexibility index (Phi) is 15.9. The minimum atomic E-state index is -1.05. The molecule has 0 fully saturated rings. The Morgan fingerprint density at radius 2 is 1.11 bits per heavy atom. The molecule has 0 aliphatic carbocycles. The highest BCUT2D eigenvalue weighted by atomic mass is 16.5. The van der Waals surface area contributed by atoms with Crippen LogP contribution in [-0.2, 0) is 23.9 Å². The maximum Gasteiger partial charge on any atom is 0.317 e. The van der Waals surface area contributed by atoms with E-state index in [1.165, 1.54) is 51.9 Å². The normalized spacial score (nSPS) is 13.0. The summed E-state index contributed by atoms with van der Waals surface area (Å²) in [4.78, 5) is 36.5. The molecule has 0 radical (unpaired) electrons. The lowest BCUT2D eigenvalue weighted by molar-refractivity contribution is -0.163. The van der Waals surface area contributed by atoms with E-state index in [1.54, 1.807) is 13.8 Å². The number of esters is 2. The fourth-order valence-corrected chi connectivity index (χ4v) is 3.37. The Morgan fingerprint density at radius 1 is 0.667 bits per heavy atom. The van der Waals surface area contributed by atoms with Crippen LogP contribution in [0.1, 0.15) is 98.3 Å². The summed E-state index contributed by atoms with van der Waals surface area (Å²) in [6, 6.07) is 0. The number of unbranched alkanes of at least 4 members (excludes halogenated alkanes) is 9. The average Bonchev–Trinajstić information content (AvgIpc) is 2.62. The first-order valence-corrected chi connectivity index (χ1v) is 10.8. The minimum absolute atomic E-state index is 0.191. The highest BCUT2D eigenvalue weighted by Gasteiger charge is 2.38. The molecule has 0 saturated carbocycles. The van der Waals surface area contributed by atoms with Crippen molar-refractivity contribution in [2.45, 2.75) is 98.3 Å². The quantitative estimate of drug-likeness (QED) is 0.195. The molecule has 5 heteroatoms. The van der Waals surface area contributed by atoms with Crippen LogP contribution in [0.2, 0.25) is 0 Å². The van der Waals surface area contributed by atoms with E-state index in [0.29, 0.717) is 6.42 Å². The van der Waals surface area contributed by atoms with Gasteiger partial charge in [-0.3, -0.25) is 14.4 Å². The van der Waals surface area contributed by atoms with Crippen LogP contribution in [0, 0.1) is 11.8 Å². The molecule has 0 rings (SSSR count). The van der Waals surface area contributed by atoms with Crippen molar-refractivity contribution in [2.24, 2.45) is 11.8 Å². The van der Waals surface area contributed by atoms with Crippen LogP contribution in [0.25, 0.3) is 0 Å². The van der Waals surface area contributed by atoms with Crippen molar-refractivity contribution < 1.29 is 23.9 Å². The Balaban J connectivity index is 4.39. The minimum Gasteiger partial charge on any atom is -0.466 e. The second kappa shape index (κ2) is 16.8. The summed E-state index contributed by atoms with van der Waals surface area (Å²) in [6.45, 7) is 7.41. The van der Waals surface area contributed by atoms with Gasteiger partial charge in [0.2, 0.25) is 0 Å². The highest BCUT2D eigenvalue weighted by molar-refractivity contribution is 6.01. The van der Waals surface area contributed by atoms with E-state index < -0.39 is 23.8 Å². The van der Waals surface area contributed by atoms with Crippen LogP contribution in [-0.4, -0.2) is 30.9 Å². The van der Waals surface area contributed by atoms with Crippen molar-refractivity contribution >= 4 is 17.7 Å². The van der Waals surface area contributed by atoms with Gasteiger partial charge in [0.25, 0.3) is 0 Å². The second-order valence-corrected chi connectivity index (χ2v) is 7.17. The zero-order chi connectivity index (χ0) is 20.5. The third kappa shape index (κ3) is 11.8. The van der Waals surface area contributed by atoms with Gasteiger partial charge in [0.15, 0.2) is 0 Å². The maximum atomic E-state index is 12.3. The zero-order valence-corrected chi connectivity index (χ0v) is 17.9. The molecule has 0 aromatic rings. The molecule has 158 valence electrons. The van der Waals surface area contributed by atoms with Gasteiger partial charge in [0.1, 0.15) is 11.7 Å². The number of ether oxygens (including phenoxy) is 2. The van der Waals surface area contributed by atoms with E-state index in [1.807, 2.05) is 0 Å². The molecule has 0 saturated heterocycles. The van der Waals surface area contributed by atoms with Gasteiger partial charge in [-0.2, -0.15) is 0 Å². The summed E-state index contributed by atoms with van der Waals surface area (Å²) in [5.74, 6) is -3.21. The maximum absolute atomic E-state index is 12.3. The van der Waals surface area contributed by atoms with Crippen molar-refractivity contribution in [1.29, 1.82) is 0 Å². The molecule has 0 aromatic carbocycles. The summed E-state index contributed by atoms with van der Waals surface area (Å²) in [6.07, 6.45) is 12.4. The van der Waals surface area contributed by atoms with Gasteiger partial charge < -0.3 is 9.47 Å². The predicted octanol–water partition coefficient (Wildman–Crippen LogP) is 5.25. The van der Waals surface area contributed by atoms with Crippen molar-refractivity contribution in [3.8, 4) is 0 Å². The van der Waals surface area contributed by atoms with Crippen LogP contribution < -0.4 is 0 Å². The summed E-state index contributed by atoms with van der Waals surface area (Å²) in [7, 11) is 0. The summed E-state index contributed by atoms with van der Waals surface area (Å²) in [5.41, 5.74) is 0. The number of Topliss-reactive ketones (excluding diaryl/α,β-unsaturated/α-hetero) is 1. The number of rotatable bonds is 17. The first kappa shape index (κ1) is 25.6. The zero-order valence-electron chi connectivity index (χ0n) is 17.9. The molecule has 5 nitrogen and oxygen atoms in total. The van der Waals surface area contributed by atoms with Gasteiger partial charge in [0.05, 0.1) is 19.1 Å². The first-order chi connectivity index (χ1) is 13.0. The monoisotopic (exact) mass is 384 g/mol. The number of carbonyl (C=O) groups is 3. The largest absolute Gasteiger partial charge is 0.466 e. The Hall–Kier alpha value is -1.39. The van der Waals surface area contributed by atoms with Crippen LogP contribution in [0.3, 0.4) is 0 Å². The van der Waals surface area contributed by atoms with Gasteiger partial charge in [-0.05, 0) is 27.2 Å². The lowest BCUT2D eigenvalue weighted by atomic mass is 9.85. The molecular formula is C22H40O5. The Bertz CT molecular complexity index is 419. The van der Waals surface area contributed by atoms with E-state index in [4.69, 9.17) is 9.47 Å². The molecule has 0 aliphatic rings. The Morgan fingerprint density at radius 3 is 1.56 bits per heavy atom. The molecule has 0 aromatic heterocycles. The molecule has 0 amide bonds. The molecule has 0 heterocycles. The third-order valence-electron chi connectivity index (χ3n) is 4.84. The number of hydrogen-bond acceptors (Lipinski definition) is 5. The van der Waals surface area contributed by atoms with E-state index in [2.05, 4.69) is 6.92 Å². The number of ketones is 1. The van der Waals surface area contributed by atoms with E-state index >= 15 is 0 Å². The molecule has 0 spiro atoms. The first-order valence-electron chi connectivity index (χ1n) is 10.8. The van der Waals surface area contributed by atoms with E-state index in [-0.39, 0.29) is 19.0 Å². The molecule has 2 unspecified atom stereocenters. The highest BCUT2D eigenvalue weighted by Crippen LogP contribution is 2.24. The lowest BCUT2D eigenvalue weighted by Crippen LogP contribution is -2.37. The van der Waals surface area contributed by atoms with Gasteiger partial charge in [-0.1, -0.05) is 71.1 Å². The molecule has 27 heavy (non-hydrogen) atoms. The van der Waals surface area contributed by atoms with Crippen molar-refractivity contribution in [3.05, 3.63) is 0 Å².